The van der Waals surface area contributed by atoms with E-state index in [9.17, 15) is 22.4 Å². The molecule has 8 heteroatoms. The van der Waals surface area contributed by atoms with Gasteiger partial charge in [-0.3, -0.25) is 4.79 Å². The normalized spacial score (nSPS) is 20.6. The Morgan fingerprint density at radius 2 is 1.89 bits per heavy atom. The Bertz CT molecular complexity index is 911. The minimum atomic E-state index is -4.49. The summed E-state index contributed by atoms with van der Waals surface area (Å²) < 4.78 is 58.5. The Balaban J connectivity index is 2.04. The van der Waals surface area contributed by atoms with Gasteiger partial charge in [-0.05, 0) is 23.8 Å². The molecule has 28 heavy (non-hydrogen) atoms. The second kappa shape index (κ2) is 7.61. The fraction of sp³-hybridized carbons (Fsp3) is 0.300. The lowest BCUT2D eigenvalue weighted by molar-refractivity contribution is -0.137. The van der Waals surface area contributed by atoms with Crippen LogP contribution in [0.25, 0.3) is 0 Å². The second-order valence-electron chi connectivity index (χ2n) is 6.53. The van der Waals surface area contributed by atoms with E-state index in [1.165, 1.54) is 42.3 Å². The topological polar surface area (TPSA) is 41.9 Å². The molecule has 1 heterocycles. The van der Waals surface area contributed by atoms with Crippen LogP contribution in [0.15, 0.2) is 53.5 Å². The van der Waals surface area contributed by atoms with Crippen molar-refractivity contribution in [2.75, 3.05) is 20.7 Å². The Morgan fingerprint density at radius 1 is 1.18 bits per heavy atom. The average molecular weight is 394 g/mol. The van der Waals surface area contributed by atoms with Gasteiger partial charge in [0.1, 0.15) is 17.4 Å². The molecule has 0 aromatic heterocycles. The smallest absolute Gasteiger partial charge is 0.416 e. The Kier molecular flexibility index (Phi) is 5.40. The van der Waals surface area contributed by atoms with Gasteiger partial charge in [-0.15, -0.1) is 0 Å². The molecule has 1 aliphatic heterocycles. The summed E-state index contributed by atoms with van der Waals surface area (Å²) in [5.74, 6) is -2.53. The molecule has 148 valence electrons. The van der Waals surface area contributed by atoms with Gasteiger partial charge in [0.2, 0.25) is 11.8 Å². The molecule has 2 atom stereocenters. The number of nitrogens with zero attached hydrogens (tertiary/aromatic N) is 2. The van der Waals surface area contributed by atoms with Gasteiger partial charge in [-0.2, -0.15) is 13.2 Å². The molecule has 0 bridgehead atoms. The van der Waals surface area contributed by atoms with Crippen molar-refractivity contribution in [2.24, 2.45) is 10.9 Å². The molecule has 4 nitrogen and oxygen atoms in total. The number of ether oxygens (including phenoxy) is 1. The Morgan fingerprint density at radius 3 is 2.54 bits per heavy atom. The molecular weight excluding hydrogens is 376 g/mol. The van der Waals surface area contributed by atoms with Gasteiger partial charge in [0, 0.05) is 19.5 Å². The Labute approximate surface area is 159 Å². The third kappa shape index (κ3) is 3.85. The lowest BCUT2D eigenvalue weighted by Crippen LogP contribution is -2.29. The largest absolute Gasteiger partial charge is 0.483 e. The van der Waals surface area contributed by atoms with Gasteiger partial charge in [0.25, 0.3) is 0 Å². The number of para-hydroxylation sites is 1. The lowest BCUT2D eigenvalue weighted by atomic mass is 9.87. The number of amides is 1. The summed E-state index contributed by atoms with van der Waals surface area (Å²) in [5, 5.41) is 0. The fourth-order valence-corrected chi connectivity index (χ4v) is 3.32. The van der Waals surface area contributed by atoms with Crippen LogP contribution in [0.4, 0.5) is 23.2 Å². The first kappa shape index (κ1) is 19.9. The van der Waals surface area contributed by atoms with Crippen molar-refractivity contribution in [3.05, 3.63) is 65.5 Å². The second-order valence-corrected chi connectivity index (χ2v) is 6.53. The first-order valence-electron chi connectivity index (χ1n) is 8.51. The summed E-state index contributed by atoms with van der Waals surface area (Å²) in [6.07, 6.45) is -4.49. The number of alkyl halides is 3. The van der Waals surface area contributed by atoms with Crippen LogP contribution >= 0.6 is 0 Å². The van der Waals surface area contributed by atoms with Crippen LogP contribution in [0.2, 0.25) is 0 Å². The van der Waals surface area contributed by atoms with Crippen molar-refractivity contribution in [3.8, 4) is 0 Å². The van der Waals surface area contributed by atoms with E-state index in [0.717, 1.165) is 12.1 Å². The third-order valence-electron chi connectivity index (χ3n) is 4.72. The summed E-state index contributed by atoms with van der Waals surface area (Å²) in [5.41, 5.74) is -0.462. The number of benzene rings is 2. The minimum Gasteiger partial charge on any atom is -0.483 e. The number of hydrogen-bond donors (Lipinski definition) is 0. The van der Waals surface area contributed by atoms with E-state index in [1.807, 2.05) is 0 Å². The van der Waals surface area contributed by atoms with Crippen molar-refractivity contribution in [1.29, 1.82) is 0 Å². The summed E-state index contributed by atoms with van der Waals surface area (Å²) in [6.45, 7) is 0.199. The zero-order valence-electron chi connectivity index (χ0n) is 15.2. The monoisotopic (exact) mass is 394 g/mol. The molecule has 1 amide bonds. The van der Waals surface area contributed by atoms with Gasteiger partial charge in [-0.25, -0.2) is 9.38 Å². The number of carbonyl (C=O) groups excluding carboxylic acids is 1. The number of halogens is 4. The number of methoxy groups -OCH3 is 1. The van der Waals surface area contributed by atoms with E-state index in [0.29, 0.717) is 5.56 Å². The van der Waals surface area contributed by atoms with E-state index in [2.05, 4.69) is 4.99 Å². The maximum absolute atomic E-state index is 14.0. The zero-order valence-corrected chi connectivity index (χ0v) is 15.2. The van der Waals surface area contributed by atoms with Gasteiger partial charge >= 0.3 is 6.18 Å². The number of likely N-dealkylation sites (N-methyl/N-ethyl adjacent to an activating group) is 1. The molecular formula is C20H18F4N2O2. The van der Waals surface area contributed by atoms with E-state index in [1.54, 1.807) is 13.1 Å². The van der Waals surface area contributed by atoms with Gasteiger partial charge < -0.3 is 9.64 Å². The molecule has 2 unspecified atom stereocenters. The van der Waals surface area contributed by atoms with Gasteiger partial charge in [0.05, 0.1) is 12.7 Å². The van der Waals surface area contributed by atoms with Crippen molar-refractivity contribution in [1.82, 2.24) is 4.90 Å². The summed E-state index contributed by atoms with van der Waals surface area (Å²) in [7, 11) is 2.85. The van der Waals surface area contributed by atoms with E-state index in [-0.39, 0.29) is 24.0 Å². The van der Waals surface area contributed by atoms with Crippen LogP contribution in [0, 0.1) is 11.7 Å². The SMILES string of the molecule is COC(=Nc1ccccc1F)C1C(=O)N(C)CC1c1cccc(C(F)(F)F)c1. The van der Waals surface area contributed by atoms with Crippen LogP contribution in [-0.2, 0) is 15.7 Å². The molecule has 0 aliphatic carbocycles. The first-order chi connectivity index (χ1) is 13.2. The van der Waals surface area contributed by atoms with E-state index >= 15 is 0 Å². The molecule has 0 spiro atoms. The van der Waals surface area contributed by atoms with Crippen molar-refractivity contribution in [2.45, 2.75) is 12.1 Å². The van der Waals surface area contributed by atoms with Crippen LogP contribution in [0.1, 0.15) is 17.0 Å². The van der Waals surface area contributed by atoms with Crippen LogP contribution in [0.3, 0.4) is 0 Å². The van der Waals surface area contributed by atoms with Crippen molar-refractivity contribution in [3.63, 3.8) is 0 Å². The highest BCUT2D eigenvalue weighted by Crippen LogP contribution is 2.38. The van der Waals surface area contributed by atoms with Crippen LogP contribution in [-0.4, -0.2) is 37.4 Å². The average Bonchev–Trinajstić information content (AvgIpc) is 2.95. The number of aliphatic imine (C=N–C) groups is 1. The number of carbonyl (C=O) groups is 1. The number of hydrogen-bond acceptors (Lipinski definition) is 3. The van der Waals surface area contributed by atoms with Crippen molar-refractivity contribution < 1.29 is 27.1 Å². The molecule has 0 radical (unpaired) electrons. The molecule has 2 aromatic carbocycles. The third-order valence-corrected chi connectivity index (χ3v) is 4.72. The number of likely N-dealkylation sites (tertiary alicyclic amines) is 1. The summed E-state index contributed by atoms with van der Waals surface area (Å²) >= 11 is 0. The molecule has 1 fully saturated rings. The van der Waals surface area contributed by atoms with E-state index < -0.39 is 29.4 Å². The number of rotatable bonds is 3. The van der Waals surface area contributed by atoms with E-state index in [4.69, 9.17) is 4.74 Å². The fourth-order valence-electron chi connectivity index (χ4n) is 3.32. The predicted molar refractivity (Wildman–Crippen MR) is 95.8 cm³/mol. The van der Waals surface area contributed by atoms with Crippen LogP contribution < -0.4 is 0 Å². The highest BCUT2D eigenvalue weighted by atomic mass is 19.4. The highest BCUT2D eigenvalue weighted by Gasteiger charge is 2.44. The molecule has 2 aromatic rings. The molecule has 1 aliphatic rings. The van der Waals surface area contributed by atoms with Crippen molar-refractivity contribution >= 4 is 17.5 Å². The molecule has 1 saturated heterocycles. The molecule has 0 N–H and O–H groups in total. The van der Waals surface area contributed by atoms with Crippen LogP contribution in [0.5, 0.6) is 0 Å². The first-order valence-corrected chi connectivity index (χ1v) is 8.51. The maximum atomic E-state index is 14.0. The summed E-state index contributed by atoms with van der Waals surface area (Å²) in [6, 6.07) is 10.6. The predicted octanol–water partition coefficient (Wildman–Crippen LogP) is 4.39. The zero-order chi connectivity index (χ0) is 20.5. The maximum Gasteiger partial charge on any atom is 0.416 e. The highest BCUT2D eigenvalue weighted by molar-refractivity contribution is 6.03. The molecule has 0 saturated carbocycles. The standard InChI is InChI=1S/C20H18F4N2O2/c1-26-11-14(12-6-5-7-13(10-12)20(22,23)24)17(19(26)27)18(28-2)25-16-9-4-3-8-15(16)21/h3-10,14,17H,11H2,1-2H3. The van der Waals surface area contributed by atoms with Gasteiger partial charge in [-0.1, -0.05) is 30.3 Å². The Hall–Kier alpha value is -2.90. The molecule has 3 rings (SSSR count). The lowest BCUT2D eigenvalue weighted by Gasteiger charge is -2.19. The van der Waals surface area contributed by atoms with Gasteiger partial charge in [0.15, 0.2) is 0 Å². The quantitative estimate of drug-likeness (QED) is 0.440. The summed E-state index contributed by atoms with van der Waals surface area (Å²) in [4.78, 5) is 18.2. The minimum absolute atomic E-state index is 0.00973.